The molecule has 0 saturated heterocycles. The number of aromatic amines is 1. The number of benzene rings is 2. The number of nitrogens with one attached hydrogen (secondary N) is 2. The number of hydrogen-bond donors (Lipinski definition) is 3. The number of para-hydroxylation sites is 1. The van der Waals surface area contributed by atoms with Crippen molar-refractivity contribution >= 4 is 22.9 Å². The summed E-state index contributed by atoms with van der Waals surface area (Å²) in [5.74, 6) is -0.269. The van der Waals surface area contributed by atoms with Gasteiger partial charge in [-0.1, -0.05) is 30.3 Å². The van der Waals surface area contributed by atoms with E-state index in [0.29, 0.717) is 18.5 Å². The van der Waals surface area contributed by atoms with Crippen LogP contribution >= 0.6 is 0 Å². The van der Waals surface area contributed by atoms with Crippen molar-refractivity contribution < 1.29 is 9.90 Å². The van der Waals surface area contributed by atoms with E-state index in [2.05, 4.69) is 10.3 Å². The molecule has 0 aliphatic rings. The third-order valence-electron chi connectivity index (χ3n) is 3.92. The molecule has 3 N–H and O–H groups in total. The number of aromatic nitrogens is 1. The lowest BCUT2D eigenvalue weighted by molar-refractivity contribution is -0.117. The van der Waals surface area contributed by atoms with Crippen LogP contribution in [-0.4, -0.2) is 22.5 Å². The fraction of sp³-hybridized carbons (Fsp3) is 0.100. The van der Waals surface area contributed by atoms with Crippen molar-refractivity contribution in [2.24, 2.45) is 0 Å². The average molecular weight is 331 g/mol. The van der Waals surface area contributed by atoms with Crippen LogP contribution in [-0.2, 0) is 11.2 Å². The van der Waals surface area contributed by atoms with E-state index in [0.717, 1.165) is 16.5 Å². The van der Waals surface area contributed by atoms with Crippen LogP contribution in [0.3, 0.4) is 0 Å². The Bertz CT molecular complexity index is 963. The zero-order valence-corrected chi connectivity index (χ0v) is 13.5. The van der Waals surface area contributed by atoms with Gasteiger partial charge in [-0.2, -0.15) is 5.26 Å². The Hall–Kier alpha value is -3.52. The Balaban J connectivity index is 1.63. The third-order valence-corrected chi connectivity index (χ3v) is 3.92. The van der Waals surface area contributed by atoms with Crippen LogP contribution in [0.4, 0.5) is 0 Å². The van der Waals surface area contributed by atoms with Crippen LogP contribution in [0, 0.1) is 11.3 Å². The molecular weight excluding hydrogens is 314 g/mol. The molecule has 0 radical (unpaired) electrons. The number of carbonyl (C=O) groups excluding carboxylic acids is 1. The van der Waals surface area contributed by atoms with Crippen molar-refractivity contribution in [1.29, 1.82) is 5.26 Å². The molecule has 0 fully saturated rings. The highest BCUT2D eigenvalue weighted by atomic mass is 16.3. The van der Waals surface area contributed by atoms with Gasteiger partial charge < -0.3 is 15.4 Å². The van der Waals surface area contributed by atoms with E-state index < -0.39 is 5.91 Å². The lowest BCUT2D eigenvalue weighted by atomic mass is 10.1. The average Bonchev–Trinajstić information content (AvgIpc) is 3.04. The van der Waals surface area contributed by atoms with Gasteiger partial charge in [-0.15, -0.1) is 0 Å². The predicted octanol–water partition coefficient (Wildman–Crippen LogP) is 3.14. The van der Waals surface area contributed by atoms with Gasteiger partial charge in [0, 0.05) is 23.6 Å². The third kappa shape index (κ3) is 3.88. The molecule has 0 aliphatic heterocycles. The van der Waals surface area contributed by atoms with E-state index in [1.807, 2.05) is 36.5 Å². The number of carbonyl (C=O) groups is 1. The quantitative estimate of drug-likeness (QED) is 0.496. The van der Waals surface area contributed by atoms with Gasteiger partial charge in [0.25, 0.3) is 5.91 Å². The lowest BCUT2D eigenvalue weighted by Gasteiger charge is -2.04. The molecule has 0 bridgehead atoms. The van der Waals surface area contributed by atoms with Gasteiger partial charge >= 0.3 is 0 Å². The zero-order valence-electron chi connectivity index (χ0n) is 13.5. The molecule has 25 heavy (non-hydrogen) atoms. The number of rotatable bonds is 5. The summed E-state index contributed by atoms with van der Waals surface area (Å²) in [7, 11) is 0. The van der Waals surface area contributed by atoms with Crippen LogP contribution < -0.4 is 5.32 Å². The Kier molecular flexibility index (Phi) is 4.82. The lowest BCUT2D eigenvalue weighted by Crippen LogP contribution is -2.26. The topological polar surface area (TPSA) is 88.9 Å². The molecule has 0 saturated carbocycles. The molecule has 5 heteroatoms. The normalized spacial score (nSPS) is 11.2. The van der Waals surface area contributed by atoms with E-state index in [9.17, 15) is 15.2 Å². The molecule has 0 spiro atoms. The summed E-state index contributed by atoms with van der Waals surface area (Å²) in [5, 5.41) is 22.4. The number of H-pyrrole nitrogens is 1. The second-order valence-corrected chi connectivity index (χ2v) is 5.63. The van der Waals surface area contributed by atoms with Gasteiger partial charge in [-0.3, -0.25) is 4.79 Å². The summed E-state index contributed by atoms with van der Waals surface area (Å²) in [4.78, 5) is 15.4. The first kappa shape index (κ1) is 16.3. The summed E-state index contributed by atoms with van der Waals surface area (Å²) in [6.07, 6.45) is 4.11. The maximum atomic E-state index is 12.2. The second-order valence-electron chi connectivity index (χ2n) is 5.63. The fourth-order valence-electron chi connectivity index (χ4n) is 2.63. The van der Waals surface area contributed by atoms with Gasteiger partial charge in [-0.25, -0.2) is 0 Å². The van der Waals surface area contributed by atoms with Crippen molar-refractivity contribution in [2.45, 2.75) is 6.42 Å². The molecule has 1 heterocycles. The molecule has 0 unspecified atom stereocenters. The van der Waals surface area contributed by atoms with Crippen LogP contribution in [0.5, 0.6) is 5.75 Å². The Morgan fingerprint density at radius 3 is 2.72 bits per heavy atom. The second kappa shape index (κ2) is 7.37. The van der Waals surface area contributed by atoms with Crippen LogP contribution in [0.15, 0.2) is 60.3 Å². The van der Waals surface area contributed by atoms with Crippen molar-refractivity contribution in [1.82, 2.24) is 10.3 Å². The van der Waals surface area contributed by atoms with Crippen molar-refractivity contribution in [3.05, 3.63) is 71.4 Å². The standard InChI is InChI=1S/C20H17N3O2/c21-12-16(11-14-5-7-17(24)8-6-14)20(25)22-10-9-15-13-23-19-4-2-1-3-18(15)19/h1-8,11,13,23-24H,9-10H2,(H,22,25)/b16-11+. The molecule has 3 aromatic rings. The first-order valence-corrected chi connectivity index (χ1v) is 7.91. The molecule has 124 valence electrons. The minimum Gasteiger partial charge on any atom is -0.508 e. The van der Waals surface area contributed by atoms with Crippen LogP contribution in [0.1, 0.15) is 11.1 Å². The van der Waals surface area contributed by atoms with E-state index >= 15 is 0 Å². The Labute approximate surface area is 145 Å². The summed E-state index contributed by atoms with van der Waals surface area (Å²) < 4.78 is 0. The van der Waals surface area contributed by atoms with Crippen molar-refractivity contribution in [2.75, 3.05) is 6.54 Å². The van der Waals surface area contributed by atoms with E-state index in [-0.39, 0.29) is 11.3 Å². The molecule has 0 atom stereocenters. The number of nitrogens with zero attached hydrogens (tertiary/aromatic N) is 1. The largest absolute Gasteiger partial charge is 0.508 e. The van der Waals surface area contributed by atoms with E-state index in [4.69, 9.17) is 0 Å². The van der Waals surface area contributed by atoms with Gasteiger partial charge in [-0.05, 0) is 41.8 Å². The molecule has 2 aromatic carbocycles. The maximum absolute atomic E-state index is 12.2. The molecule has 1 aromatic heterocycles. The fourth-order valence-corrected chi connectivity index (χ4v) is 2.63. The number of nitriles is 1. The Morgan fingerprint density at radius 2 is 1.96 bits per heavy atom. The first-order valence-electron chi connectivity index (χ1n) is 7.91. The minimum absolute atomic E-state index is 0.0321. The summed E-state index contributed by atoms with van der Waals surface area (Å²) in [6.45, 7) is 0.440. The number of hydrogen-bond acceptors (Lipinski definition) is 3. The number of aromatic hydroxyl groups is 1. The molecule has 3 rings (SSSR count). The highest BCUT2D eigenvalue weighted by Crippen LogP contribution is 2.18. The number of fused-ring (bicyclic) bond motifs is 1. The number of phenolic OH excluding ortho intramolecular Hbond substituents is 1. The molecular formula is C20H17N3O2. The summed E-state index contributed by atoms with van der Waals surface area (Å²) >= 11 is 0. The SMILES string of the molecule is N#C/C(=C\c1ccc(O)cc1)C(=O)NCCc1c[nH]c2ccccc12. The summed E-state index contributed by atoms with van der Waals surface area (Å²) in [6, 6.07) is 16.2. The predicted molar refractivity (Wildman–Crippen MR) is 96.7 cm³/mol. The monoisotopic (exact) mass is 331 g/mol. The highest BCUT2D eigenvalue weighted by Gasteiger charge is 2.09. The smallest absolute Gasteiger partial charge is 0.261 e. The highest BCUT2D eigenvalue weighted by molar-refractivity contribution is 6.01. The number of amides is 1. The molecule has 5 nitrogen and oxygen atoms in total. The van der Waals surface area contributed by atoms with Crippen molar-refractivity contribution in [3.63, 3.8) is 0 Å². The van der Waals surface area contributed by atoms with Gasteiger partial charge in [0.05, 0.1) is 0 Å². The van der Waals surface area contributed by atoms with Gasteiger partial charge in [0.2, 0.25) is 0 Å². The first-order chi connectivity index (χ1) is 12.2. The van der Waals surface area contributed by atoms with Gasteiger partial charge in [0.15, 0.2) is 0 Å². The summed E-state index contributed by atoms with van der Waals surface area (Å²) in [5.41, 5.74) is 2.90. The van der Waals surface area contributed by atoms with E-state index in [1.54, 1.807) is 12.1 Å². The minimum atomic E-state index is -0.407. The van der Waals surface area contributed by atoms with Crippen LogP contribution in [0.2, 0.25) is 0 Å². The van der Waals surface area contributed by atoms with E-state index in [1.165, 1.54) is 18.2 Å². The molecule has 1 amide bonds. The Morgan fingerprint density at radius 1 is 1.20 bits per heavy atom. The van der Waals surface area contributed by atoms with Crippen molar-refractivity contribution in [3.8, 4) is 11.8 Å². The number of phenols is 1. The zero-order chi connectivity index (χ0) is 17.6. The molecule has 0 aliphatic carbocycles. The van der Waals surface area contributed by atoms with Gasteiger partial charge in [0.1, 0.15) is 17.4 Å². The maximum Gasteiger partial charge on any atom is 0.261 e. The van der Waals surface area contributed by atoms with Crippen LogP contribution in [0.25, 0.3) is 17.0 Å².